The molecule has 0 N–H and O–H groups in total. The van der Waals surface area contributed by atoms with Crippen molar-refractivity contribution in [2.45, 2.75) is 6.92 Å². The van der Waals surface area contributed by atoms with Gasteiger partial charge in [0.15, 0.2) is 5.78 Å². The number of aromatic nitrogens is 1. The Labute approximate surface area is 92.8 Å². The van der Waals surface area contributed by atoms with Crippen LogP contribution in [0.3, 0.4) is 0 Å². The number of benzene rings is 1. The predicted octanol–water partition coefficient (Wildman–Crippen LogP) is 2.76. The predicted molar refractivity (Wildman–Crippen MR) is 58.8 cm³/mol. The largest absolute Gasteiger partial charge is 0.288 e. The van der Waals surface area contributed by atoms with Crippen LogP contribution in [0.2, 0.25) is 0 Å². The Morgan fingerprint density at radius 1 is 1.25 bits per heavy atom. The fourth-order valence-corrected chi connectivity index (χ4v) is 1.48. The second-order valence-corrected chi connectivity index (χ2v) is 3.56. The maximum absolute atomic E-state index is 13.4. The third-order valence-electron chi connectivity index (χ3n) is 2.26. The van der Waals surface area contributed by atoms with Crippen molar-refractivity contribution in [2.75, 3.05) is 0 Å². The Kier molecular flexibility index (Phi) is 2.77. The monoisotopic (exact) mass is 215 g/mol. The lowest BCUT2D eigenvalue weighted by Gasteiger charge is -2.02. The topological polar surface area (TPSA) is 30.0 Å². The van der Waals surface area contributed by atoms with Gasteiger partial charge in [0.05, 0.1) is 5.56 Å². The normalized spacial score (nSPS) is 10.1. The Bertz CT molecular complexity index is 537. The molecule has 1 heterocycles. The summed E-state index contributed by atoms with van der Waals surface area (Å²) in [6.45, 7) is 1.84. The molecule has 0 saturated heterocycles. The van der Waals surface area contributed by atoms with Gasteiger partial charge in [-0.05, 0) is 30.7 Å². The number of carbonyl (C=O) groups is 1. The van der Waals surface area contributed by atoms with Crippen LogP contribution < -0.4 is 0 Å². The lowest BCUT2D eigenvalue weighted by molar-refractivity contribution is 0.103. The van der Waals surface area contributed by atoms with Crippen molar-refractivity contribution in [1.82, 2.24) is 4.98 Å². The number of nitrogens with zero attached hydrogens (tertiary/aromatic N) is 1. The number of halogens is 1. The molecule has 2 nitrogen and oxygen atoms in total. The number of ketones is 1. The van der Waals surface area contributed by atoms with E-state index >= 15 is 0 Å². The molecule has 0 aliphatic heterocycles. The SMILES string of the molecule is Cc1cncc(C(=O)c2ccccc2F)c1. The van der Waals surface area contributed by atoms with Crippen LogP contribution in [-0.4, -0.2) is 10.8 Å². The molecular weight excluding hydrogens is 205 g/mol. The number of pyridine rings is 1. The van der Waals surface area contributed by atoms with Gasteiger partial charge in [0.2, 0.25) is 0 Å². The molecule has 0 aliphatic rings. The van der Waals surface area contributed by atoms with Gasteiger partial charge in [0.1, 0.15) is 5.82 Å². The number of hydrogen-bond donors (Lipinski definition) is 0. The van der Waals surface area contributed by atoms with Crippen molar-refractivity contribution < 1.29 is 9.18 Å². The van der Waals surface area contributed by atoms with Crippen molar-refractivity contribution >= 4 is 5.78 Å². The Morgan fingerprint density at radius 2 is 2.00 bits per heavy atom. The van der Waals surface area contributed by atoms with E-state index in [1.165, 1.54) is 18.3 Å². The minimum atomic E-state index is -0.506. The van der Waals surface area contributed by atoms with E-state index in [0.29, 0.717) is 5.56 Å². The fourth-order valence-electron chi connectivity index (χ4n) is 1.48. The first kappa shape index (κ1) is 10.5. The van der Waals surface area contributed by atoms with Crippen LogP contribution in [0.1, 0.15) is 21.5 Å². The first-order valence-electron chi connectivity index (χ1n) is 4.89. The molecule has 0 fully saturated rings. The summed E-state index contributed by atoms with van der Waals surface area (Å²) in [7, 11) is 0. The minimum absolute atomic E-state index is 0.0786. The van der Waals surface area contributed by atoms with E-state index in [4.69, 9.17) is 0 Å². The van der Waals surface area contributed by atoms with Gasteiger partial charge in [-0.1, -0.05) is 12.1 Å². The zero-order valence-corrected chi connectivity index (χ0v) is 8.77. The molecule has 80 valence electrons. The second kappa shape index (κ2) is 4.23. The van der Waals surface area contributed by atoms with Gasteiger partial charge >= 0.3 is 0 Å². The molecule has 3 heteroatoms. The lowest BCUT2D eigenvalue weighted by Crippen LogP contribution is -2.04. The summed E-state index contributed by atoms with van der Waals surface area (Å²) in [5.74, 6) is -0.844. The zero-order valence-electron chi connectivity index (χ0n) is 8.77. The standard InChI is InChI=1S/C13H10FNO/c1-9-6-10(8-15-7-9)13(16)11-4-2-3-5-12(11)14/h2-8H,1H3. The van der Waals surface area contributed by atoms with Gasteiger partial charge < -0.3 is 0 Å². The first-order valence-corrected chi connectivity index (χ1v) is 4.89. The summed E-state index contributed by atoms with van der Waals surface area (Å²) < 4.78 is 13.4. The van der Waals surface area contributed by atoms with Gasteiger partial charge in [0.25, 0.3) is 0 Å². The third-order valence-corrected chi connectivity index (χ3v) is 2.26. The Balaban J connectivity index is 2.44. The summed E-state index contributed by atoms with van der Waals surface area (Å²) >= 11 is 0. The molecule has 0 bridgehead atoms. The maximum atomic E-state index is 13.4. The van der Waals surface area contributed by atoms with Gasteiger partial charge in [-0.2, -0.15) is 0 Å². The molecule has 1 aromatic carbocycles. The van der Waals surface area contributed by atoms with Crippen LogP contribution in [0, 0.1) is 12.7 Å². The minimum Gasteiger partial charge on any atom is -0.288 e. The van der Waals surface area contributed by atoms with Gasteiger partial charge in [0, 0.05) is 18.0 Å². The van der Waals surface area contributed by atoms with Crippen molar-refractivity contribution in [3.63, 3.8) is 0 Å². The summed E-state index contributed by atoms with van der Waals surface area (Å²) in [6, 6.07) is 7.64. The molecule has 2 aromatic rings. The molecule has 0 atom stereocenters. The van der Waals surface area contributed by atoms with Crippen molar-refractivity contribution in [3.8, 4) is 0 Å². The molecule has 0 amide bonds. The number of carbonyl (C=O) groups excluding carboxylic acids is 1. The zero-order chi connectivity index (χ0) is 11.5. The molecule has 16 heavy (non-hydrogen) atoms. The van der Waals surface area contributed by atoms with E-state index in [-0.39, 0.29) is 11.3 Å². The van der Waals surface area contributed by atoms with Crippen molar-refractivity contribution in [3.05, 3.63) is 65.2 Å². The molecule has 0 aliphatic carbocycles. The quantitative estimate of drug-likeness (QED) is 0.721. The van der Waals surface area contributed by atoms with Crippen molar-refractivity contribution in [1.29, 1.82) is 0 Å². The van der Waals surface area contributed by atoms with Crippen LogP contribution in [0.4, 0.5) is 4.39 Å². The Morgan fingerprint density at radius 3 is 2.69 bits per heavy atom. The van der Waals surface area contributed by atoms with Crippen molar-refractivity contribution in [2.24, 2.45) is 0 Å². The molecule has 0 radical (unpaired) electrons. The highest BCUT2D eigenvalue weighted by Crippen LogP contribution is 2.13. The summed E-state index contributed by atoms with van der Waals surface area (Å²) in [6.07, 6.45) is 3.10. The highest BCUT2D eigenvalue weighted by Gasteiger charge is 2.13. The summed E-state index contributed by atoms with van der Waals surface area (Å²) in [5.41, 5.74) is 1.36. The second-order valence-electron chi connectivity index (χ2n) is 3.56. The van der Waals surface area contributed by atoms with Crippen LogP contribution >= 0.6 is 0 Å². The van der Waals surface area contributed by atoms with E-state index in [0.717, 1.165) is 5.56 Å². The average molecular weight is 215 g/mol. The van der Waals surface area contributed by atoms with E-state index in [1.54, 1.807) is 24.4 Å². The van der Waals surface area contributed by atoms with E-state index in [1.807, 2.05) is 6.92 Å². The number of aryl methyl sites for hydroxylation is 1. The fraction of sp³-hybridized carbons (Fsp3) is 0.0769. The van der Waals surface area contributed by atoms with E-state index < -0.39 is 5.82 Å². The lowest BCUT2D eigenvalue weighted by atomic mass is 10.0. The molecule has 0 unspecified atom stereocenters. The maximum Gasteiger partial charge on any atom is 0.197 e. The summed E-state index contributed by atoms with van der Waals surface area (Å²) in [5, 5.41) is 0. The van der Waals surface area contributed by atoms with Crippen LogP contribution in [-0.2, 0) is 0 Å². The number of rotatable bonds is 2. The van der Waals surface area contributed by atoms with Gasteiger partial charge in [-0.15, -0.1) is 0 Å². The Hall–Kier alpha value is -2.03. The van der Waals surface area contributed by atoms with E-state index in [9.17, 15) is 9.18 Å². The number of hydrogen-bond acceptors (Lipinski definition) is 2. The molecular formula is C13H10FNO. The van der Waals surface area contributed by atoms with E-state index in [2.05, 4.69) is 4.98 Å². The summed E-state index contributed by atoms with van der Waals surface area (Å²) in [4.78, 5) is 15.9. The molecule has 0 spiro atoms. The molecule has 1 aromatic heterocycles. The van der Waals surface area contributed by atoms with Crippen LogP contribution in [0.25, 0.3) is 0 Å². The smallest absolute Gasteiger partial charge is 0.197 e. The third kappa shape index (κ3) is 1.98. The van der Waals surface area contributed by atoms with Gasteiger partial charge in [-0.25, -0.2) is 4.39 Å². The van der Waals surface area contributed by atoms with Crippen LogP contribution in [0.15, 0.2) is 42.7 Å². The first-order chi connectivity index (χ1) is 7.68. The molecule has 2 rings (SSSR count). The van der Waals surface area contributed by atoms with Crippen LogP contribution in [0.5, 0.6) is 0 Å². The van der Waals surface area contributed by atoms with Gasteiger partial charge in [-0.3, -0.25) is 9.78 Å². The average Bonchev–Trinajstić information content (AvgIpc) is 2.29. The highest BCUT2D eigenvalue weighted by atomic mass is 19.1. The molecule has 0 saturated carbocycles. The highest BCUT2D eigenvalue weighted by molar-refractivity contribution is 6.09.